The van der Waals surface area contributed by atoms with Crippen LogP contribution in [0.5, 0.6) is 40.2 Å². The van der Waals surface area contributed by atoms with Gasteiger partial charge < -0.3 is 39.3 Å². The van der Waals surface area contributed by atoms with Gasteiger partial charge in [-0.05, 0) is 173 Å². The zero-order valence-electron chi connectivity index (χ0n) is 53.4. The summed E-state index contributed by atoms with van der Waals surface area (Å²) in [5, 5.41) is 9.23. The van der Waals surface area contributed by atoms with Crippen LogP contribution in [0.25, 0.3) is 0 Å². The fraction of sp³-hybridized carbons (Fsp3) is 0.417. The third-order valence-corrected chi connectivity index (χ3v) is 14.3. The first kappa shape index (κ1) is 70.4. The summed E-state index contributed by atoms with van der Waals surface area (Å²) < 4.78 is 31.3. The van der Waals surface area contributed by atoms with Gasteiger partial charge in [0.15, 0.2) is 11.5 Å². The zero-order valence-corrected chi connectivity index (χ0v) is 54.2. The number of anilines is 1. The van der Waals surface area contributed by atoms with Gasteiger partial charge in [-0.3, -0.25) is 0 Å². The van der Waals surface area contributed by atoms with Crippen molar-refractivity contribution in [2.75, 3.05) is 47.2 Å². The molecule has 0 amide bonds. The van der Waals surface area contributed by atoms with Crippen LogP contribution in [0, 0.1) is 20.8 Å². The summed E-state index contributed by atoms with van der Waals surface area (Å²) in [5.41, 5.74) is 19.1. The number of aromatic hydroxyl groups is 1. The number of aryl methyl sites for hydroxylation is 3. The number of phenols is 1. The number of para-hydroxylation sites is 2. The van der Waals surface area contributed by atoms with Crippen molar-refractivity contribution in [2.24, 2.45) is 0 Å². The fourth-order valence-electron chi connectivity index (χ4n) is 8.40. The quantitative estimate of drug-likeness (QED) is 0.0915. The van der Waals surface area contributed by atoms with E-state index in [0.717, 1.165) is 51.3 Å². The van der Waals surface area contributed by atoms with Gasteiger partial charge in [0.25, 0.3) is 0 Å². The minimum absolute atomic E-state index is 0.358. The number of thioether (sulfide) groups is 1. The van der Waals surface area contributed by atoms with Crippen molar-refractivity contribution in [1.82, 2.24) is 0 Å². The maximum Gasteiger partial charge on any atom is 0.231 e. The molecule has 0 aliphatic carbocycles. The van der Waals surface area contributed by atoms with Gasteiger partial charge in [-0.15, -0.1) is 11.8 Å². The Morgan fingerprint density at radius 1 is 0.407 bits per heavy atom. The van der Waals surface area contributed by atoms with Crippen molar-refractivity contribution < 1.29 is 33.5 Å². The fourth-order valence-corrected chi connectivity index (χ4v) is 9.15. The predicted octanol–water partition coefficient (Wildman–Crippen LogP) is 20.4. The summed E-state index contributed by atoms with van der Waals surface area (Å²) in [6.45, 7) is 36.8. The Hall–Kier alpha value is -6.71. The van der Waals surface area contributed by atoms with E-state index in [2.05, 4.69) is 184 Å². The van der Waals surface area contributed by atoms with Crippen molar-refractivity contribution in [3.63, 3.8) is 0 Å². The molecular weight excluding hydrogens is 1020 g/mol. The first-order valence-electron chi connectivity index (χ1n) is 28.5. The molecule has 9 heteroatoms. The third-order valence-electron chi connectivity index (χ3n) is 13.5. The second kappa shape index (κ2) is 36.6. The number of hydrogen-bond donors (Lipinski definition) is 2. The molecule has 442 valence electrons. The molecule has 81 heavy (non-hydrogen) atoms. The van der Waals surface area contributed by atoms with E-state index >= 15 is 0 Å². The lowest BCUT2D eigenvalue weighted by Gasteiger charge is -2.11. The number of phenolic OH excluding ortho intramolecular Hbond substituents is 1. The van der Waals surface area contributed by atoms with E-state index in [4.69, 9.17) is 34.2 Å². The SMILES string of the molecule is CC(C)c1ccc2c(c1)OCO2.COc1cc(C)ccc1C(C)C.COc1ccc(C(C)C)cc1C.COc1cccc(C(C)C)c1N.COc1ccccc1C(C)C.CSc1ccccc1C(C)C.Cc1cc(C(C)C)ccc1O. The highest BCUT2D eigenvalue weighted by atomic mass is 32.2. The van der Waals surface area contributed by atoms with Crippen LogP contribution >= 0.6 is 11.8 Å². The van der Waals surface area contributed by atoms with Gasteiger partial charge in [-0.1, -0.05) is 188 Å². The van der Waals surface area contributed by atoms with Crippen molar-refractivity contribution >= 4 is 17.4 Å². The summed E-state index contributed by atoms with van der Waals surface area (Å²) in [4.78, 5) is 1.41. The molecule has 0 saturated carbocycles. The van der Waals surface area contributed by atoms with E-state index in [9.17, 15) is 5.11 Å². The summed E-state index contributed by atoms with van der Waals surface area (Å²) in [7, 11) is 6.77. The van der Waals surface area contributed by atoms with Gasteiger partial charge in [0.1, 0.15) is 28.7 Å². The Labute approximate surface area is 495 Å². The lowest BCUT2D eigenvalue weighted by atomic mass is 10.0. The minimum Gasteiger partial charge on any atom is -0.508 e. The van der Waals surface area contributed by atoms with Crippen molar-refractivity contribution in [1.29, 1.82) is 0 Å². The van der Waals surface area contributed by atoms with E-state index < -0.39 is 0 Å². The highest BCUT2D eigenvalue weighted by Crippen LogP contribution is 2.35. The maximum atomic E-state index is 9.23. The van der Waals surface area contributed by atoms with E-state index in [1.54, 1.807) is 34.5 Å². The van der Waals surface area contributed by atoms with E-state index in [1.807, 2.05) is 85.4 Å². The van der Waals surface area contributed by atoms with Crippen LogP contribution < -0.4 is 34.2 Å². The Balaban J connectivity index is 0.000000323. The number of methoxy groups -OCH3 is 4. The molecule has 3 N–H and O–H groups in total. The number of fused-ring (bicyclic) bond motifs is 1. The van der Waals surface area contributed by atoms with Crippen LogP contribution in [0.4, 0.5) is 5.69 Å². The van der Waals surface area contributed by atoms with Gasteiger partial charge in [-0.2, -0.15) is 0 Å². The number of ether oxygens (including phenoxy) is 6. The summed E-state index contributed by atoms with van der Waals surface area (Å²) >= 11 is 1.82. The summed E-state index contributed by atoms with van der Waals surface area (Å²) in [5.74, 6) is 9.66. The second-order valence-electron chi connectivity index (χ2n) is 22.2. The number of rotatable bonds is 12. The predicted molar refractivity (Wildman–Crippen MR) is 348 cm³/mol. The van der Waals surface area contributed by atoms with Gasteiger partial charge in [0.05, 0.1) is 34.1 Å². The van der Waals surface area contributed by atoms with E-state index in [-0.39, 0.29) is 0 Å². The maximum absolute atomic E-state index is 9.23. The van der Waals surface area contributed by atoms with Gasteiger partial charge in [0.2, 0.25) is 6.79 Å². The molecule has 8 rings (SSSR count). The molecule has 7 aromatic rings. The lowest BCUT2D eigenvalue weighted by molar-refractivity contribution is 0.174. The molecule has 0 bridgehead atoms. The molecule has 0 unspecified atom stereocenters. The van der Waals surface area contributed by atoms with Crippen LogP contribution in [-0.4, -0.2) is 46.6 Å². The number of hydrogen-bond acceptors (Lipinski definition) is 9. The highest BCUT2D eigenvalue weighted by molar-refractivity contribution is 7.98. The van der Waals surface area contributed by atoms with Crippen LogP contribution in [-0.2, 0) is 0 Å². The Bertz CT molecular complexity index is 2850. The van der Waals surface area contributed by atoms with Gasteiger partial charge in [-0.25, -0.2) is 0 Å². The molecule has 1 aliphatic rings. The molecule has 0 aromatic heterocycles. The zero-order chi connectivity index (χ0) is 60.9. The molecule has 0 atom stereocenters. The Kier molecular flexibility index (Phi) is 31.8. The van der Waals surface area contributed by atoms with Crippen LogP contribution in [0.15, 0.2) is 144 Å². The van der Waals surface area contributed by atoms with Gasteiger partial charge >= 0.3 is 0 Å². The van der Waals surface area contributed by atoms with Crippen molar-refractivity contribution in [3.8, 4) is 40.2 Å². The summed E-state index contributed by atoms with van der Waals surface area (Å²) in [6, 6.07) is 47.1. The largest absolute Gasteiger partial charge is 0.508 e. The number of nitrogens with two attached hydrogens (primary N) is 1. The third kappa shape index (κ3) is 23.7. The first-order valence-corrected chi connectivity index (χ1v) is 29.7. The highest BCUT2D eigenvalue weighted by Gasteiger charge is 2.14. The second-order valence-corrected chi connectivity index (χ2v) is 23.0. The van der Waals surface area contributed by atoms with E-state index in [0.29, 0.717) is 54.0 Å². The molecule has 0 fully saturated rings. The smallest absolute Gasteiger partial charge is 0.231 e. The average Bonchev–Trinajstić information content (AvgIpc) is 3.95. The lowest BCUT2D eigenvalue weighted by Crippen LogP contribution is -1.99. The summed E-state index contributed by atoms with van der Waals surface area (Å²) in [6.07, 6.45) is 2.13. The monoisotopic (exact) mass is 1120 g/mol. The molecular formula is C72H101NO7S. The minimum atomic E-state index is 0.358. The van der Waals surface area contributed by atoms with Crippen molar-refractivity contribution in [3.05, 3.63) is 195 Å². The molecule has 1 heterocycles. The topological polar surface area (TPSA) is 102 Å². The van der Waals surface area contributed by atoms with Crippen LogP contribution in [0.2, 0.25) is 0 Å². The molecule has 0 spiro atoms. The number of nitrogen functional groups attached to an aromatic ring is 1. The van der Waals surface area contributed by atoms with Crippen LogP contribution in [0.3, 0.4) is 0 Å². The van der Waals surface area contributed by atoms with Crippen LogP contribution in [0.1, 0.15) is 194 Å². The normalized spacial score (nSPS) is 10.9. The Morgan fingerprint density at radius 2 is 0.852 bits per heavy atom. The molecule has 7 aromatic carbocycles. The van der Waals surface area contributed by atoms with Crippen molar-refractivity contribution in [2.45, 2.75) is 164 Å². The van der Waals surface area contributed by atoms with E-state index in [1.165, 1.54) is 49.4 Å². The number of benzene rings is 7. The molecule has 8 nitrogen and oxygen atoms in total. The average molecular weight is 1120 g/mol. The standard InChI is InChI=1S/2C11H16O.C10H15NO.C10H12O2.2C10H14O.C10H14S/c1-8(2)10-5-6-11(12-4)9(3)7-10;1-8(2)10-6-5-9(3)7-11(10)12-4;1-7(2)8-5-4-6-9(12-3)10(8)11;1-7(2)8-3-4-9-10(5-8)12-6-11-9;1-7(2)9-4-5-10(11)8(3)6-9;2*1-8(2)9-6-4-5-7-10(9)11-3/h2*5-8H,1-4H3;4-7H,11H2,1-3H3;3-5,7H,6H2,1-2H3;4-7,11H,1-3H3;2*4-8H,1-3H3. The Morgan fingerprint density at radius 3 is 1.33 bits per heavy atom. The van der Waals surface area contributed by atoms with Gasteiger partial charge in [0, 0.05) is 4.90 Å². The first-order chi connectivity index (χ1) is 38.3. The molecule has 0 saturated heterocycles. The molecule has 1 aliphatic heterocycles. The molecule has 0 radical (unpaired) electrons.